The van der Waals surface area contributed by atoms with Crippen LogP contribution < -0.4 is 0 Å². The Bertz CT molecular complexity index is 744. The molecule has 1 N–H and O–H groups in total. The molecule has 0 aliphatic carbocycles. The van der Waals surface area contributed by atoms with E-state index in [2.05, 4.69) is 0 Å². The summed E-state index contributed by atoms with van der Waals surface area (Å²) in [5.41, 5.74) is 1.73. The van der Waals surface area contributed by atoms with Crippen LogP contribution in [0.3, 0.4) is 0 Å². The van der Waals surface area contributed by atoms with Crippen molar-refractivity contribution in [2.45, 2.75) is 44.4 Å². The van der Waals surface area contributed by atoms with Gasteiger partial charge in [-0.05, 0) is 39.8 Å². The zero-order valence-electron chi connectivity index (χ0n) is 12.2. The molecule has 0 bridgehead atoms. The fourth-order valence-electron chi connectivity index (χ4n) is 2.80. The van der Waals surface area contributed by atoms with Crippen LogP contribution in [0.2, 0.25) is 0 Å². The first kappa shape index (κ1) is 15.0. The highest BCUT2D eigenvalue weighted by Gasteiger charge is 2.24. The predicted molar refractivity (Wildman–Crippen MR) is 81.9 cm³/mol. The highest BCUT2D eigenvalue weighted by atomic mass is 32.2. The molecule has 108 valence electrons. The van der Waals surface area contributed by atoms with Gasteiger partial charge in [-0.25, -0.2) is 0 Å². The number of hydrogen-bond acceptors (Lipinski definition) is 2. The second kappa shape index (κ2) is 5.19. The van der Waals surface area contributed by atoms with Crippen molar-refractivity contribution in [1.82, 2.24) is 0 Å². The standard InChI is InChI=1S/C16H20O3S/c1-10(2)15-13-8-6-5-7-12(13)9-14(20(17,18)19)16(15)11(3)4/h5-11H,1-4H3,(H,17,18,19). The minimum atomic E-state index is -4.23. The molecule has 0 aliphatic rings. The fraction of sp³-hybridized carbons (Fsp3) is 0.375. The summed E-state index contributed by atoms with van der Waals surface area (Å²) in [6.45, 7) is 7.98. The van der Waals surface area contributed by atoms with Crippen molar-refractivity contribution < 1.29 is 13.0 Å². The van der Waals surface area contributed by atoms with Gasteiger partial charge in [0.25, 0.3) is 10.1 Å². The van der Waals surface area contributed by atoms with E-state index < -0.39 is 10.1 Å². The Hall–Kier alpha value is -1.39. The zero-order chi connectivity index (χ0) is 15.1. The molecule has 0 atom stereocenters. The van der Waals surface area contributed by atoms with Crippen LogP contribution in [-0.4, -0.2) is 13.0 Å². The molecule has 2 aromatic carbocycles. The van der Waals surface area contributed by atoms with E-state index in [0.29, 0.717) is 0 Å². The highest BCUT2D eigenvalue weighted by Crippen LogP contribution is 2.37. The molecule has 0 heterocycles. The van der Waals surface area contributed by atoms with E-state index in [1.165, 1.54) is 0 Å². The molecule has 0 amide bonds. The third-order valence-corrected chi connectivity index (χ3v) is 4.42. The molecule has 0 unspecified atom stereocenters. The van der Waals surface area contributed by atoms with Crippen LogP contribution in [0.5, 0.6) is 0 Å². The molecule has 20 heavy (non-hydrogen) atoms. The van der Waals surface area contributed by atoms with Crippen molar-refractivity contribution in [1.29, 1.82) is 0 Å². The van der Waals surface area contributed by atoms with Gasteiger partial charge in [0.1, 0.15) is 0 Å². The molecule has 0 radical (unpaired) electrons. The number of rotatable bonds is 3. The van der Waals surface area contributed by atoms with Gasteiger partial charge in [-0.15, -0.1) is 0 Å². The Morgan fingerprint density at radius 2 is 1.50 bits per heavy atom. The smallest absolute Gasteiger partial charge is 0.282 e. The largest absolute Gasteiger partial charge is 0.294 e. The van der Waals surface area contributed by atoms with Gasteiger partial charge in [0, 0.05) is 0 Å². The Balaban J connectivity index is 3.04. The van der Waals surface area contributed by atoms with Gasteiger partial charge >= 0.3 is 0 Å². The highest BCUT2D eigenvalue weighted by molar-refractivity contribution is 7.85. The van der Waals surface area contributed by atoms with Crippen molar-refractivity contribution in [3.63, 3.8) is 0 Å². The first-order valence-electron chi connectivity index (χ1n) is 6.76. The summed E-state index contributed by atoms with van der Waals surface area (Å²) in [6, 6.07) is 9.27. The summed E-state index contributed by atoms with van der Waals surface area (Å²) < 4.78 is 33.0. The van der Waals surface area contributed by atoms with Crippen LogP contribution in [0.4, 0.5) is 0 Å². The average molecular weight is 292 g/mol. The maximum Gasteiger partial charge on any atom is 0.294 e. The molecular weight excluding hydrogens is 272 g/mol. The summed E-state index contributed by atoms with van der Waals surface area (Å²) in [5.74, 6) is 0.202. The van der Waals surface area contributed by atoms with E-state index in [1.807, 2.05) is 52.0 Å². The molecule has 3 nitrogen and oxygen atoms in total. The van der Waals surface area contributed by atoms with Gasteiger partial charge in [-0.3, -0.25) is 4.55 Å². The normalized spacial score (nSPS) is 12.6. The third kappa shape index (κ3) is 2.58. The molecule has 2 rings (SSSR count). The molecule has 0 spiro atoms. The van der Waals surface area contributed by atoms with Crippen molar-refractivity contribution in [3.05, 3.63) is 41.5 Å². The predicted octanol–water partition coefficient (Wildman–Crippen LogP) is 4.33. The number of fused-ring (bicyclic) bond motifs is 1. The van der Waals surface area contributed by atoms with Crippen molar-refractivity contribution in [2.24, 2.45) is 0 Å². The molecule has 0 aromatic heterocycles. The second-order valence-electron chi connectivity index (χ2n) is 5.71. The Morgan fingerprint density at radius 1 is 0.950 bits per heavy atom. The lowest BCUT2D eigenvalue weighted by atomic mass is 9.86. The third-order valence-electron chi connectivity index (χ3n) is 3.53. The van der Waals surface area contributed by atoms with E-state index in [9.17, 15) is 13.0 Å². The molecule has 0 saturated carbocycles. The fourth-order valence-corrected chi connectivity index (χ4v) is 3.70. The lowest BCUT2D eigenvalue weighted by molar-refractivity contribution is 0.481. The zero-order valence-corrected chi connectivity index (χ0v) is 13.0. The van der Waals surface area contributed by atoms with Crippen LogP contribution in [0.1, 0.15) is 50.7 Å². The maximum absolute atomic E-state index is 11.7. The number of hydrogen-bond donors (Lipinski definition) is 1. The molecule has 4 heteroatoms. The second-order valence-corrected chi connectivity index (χ2v) is 7.10. The monoisotopic (exact) mass is 292 g/mol. The van der Waals surface area contributed by atoms with Gasteiger partial charge in [-0.1, -0.05) is 52.0 Å². The SMILES string of the molecule is CC(C)c1c(S(=O)(=O)O)cc2ccccc2c1C(C)C. The Labute approximate surface area is 120 Å². The van der Waals surface area contributed by atoms with E-state index in [1.54, 1.807) is 6.07 Å². The minimum absolute atomic E-state index is 0.0222. The summed E-state index contributed by atoms with van der Waals surface area (Å²) >= 11 is 0. The van der Waals surface area contributed by atoms with Crippen LogP contribution in [0.25, 0.3) is 10.8 Å². The van der Waals surface area contributed by atoms with Gasteiger partial charge < -0.3 is 0 Å². The summed E-state index contributed by atoms with van der Waals surface area (Å²) in [6.07, 6.45) is 0. The van der Waals surface area contributed by atoms with E-state index >= 15 is 0 Å². The van der Waals surface area contributed by atoms with Crippen molar-refractivity contribution in [2.75, 3.05) is 0 Å². The molecular formula is C16H20O3S. The van der Waals surface area contributed by atoms with Gasteiger partial charge in [0.15, 0.2) is 0 Å². The lowest BCUT2D eigenvalue weighted by Crippen LogP contribution is -2.09. The minimum Gasteiger partial charge on any atom is -0.282 e. The first-order chi connectivity index (χ1) is 9.23. The quantitative estimate of drug-likeness (QED) is 0.856. The average Bonchev–Trinajstić information content (AvgIpc) is 2.34. The Morgan fingerprint density at radius 3 is 2.00 bits per heavy atom. The molecule has 0 saturated heterocycles. The van der Waals surface area contributed by atoms with Gasteiger partial charge in [0.05, 0.1) is 4.90 Å². The van der Waals surface area contributed by atoms with E-state index in [4.69, 9.17) is 0 Å². The first-order valence-corrected chi connectivity index (χ1v) is 8.20. The summed E-state index contributed by atoms with van der Waals surface area (Å²) in [7, 11) is -4.23. The van der Waals surface area contributed by atoms with Crippen LogP contribution in [-0.2, 0) is 10.1 Å². The van der Waals surface area contributed by atoms with Crippen molar-refractivity contribution >= 4 is 20.9 Å². The van der Waals surface area contributed by atoms with E-state index in [-0.39, 0.29) is 16.7 Å². The van der Waals surface area contributed by atoms with Crippen LogP contribution in [0.15, 0.2) is 35.2 Å². The number of benzene rings is 2. The van der Waals surface area contributed by atoms with Gasteiger partial charge in [0.2, 0.25) is 0 Å². The maximum atomic E-state index is 11.7. The van der Waals surface area contributed by atoms with Crippen molar-refractivity contribution in [3.8, 4) is 0 Å². The van der Waals surface area contributed by atoms with Crippen LogP contribution in [0, 0.1) is 0 Å². The van der Waals surface area contributed by atoms with E-state index in [0.717, 1.165) is 21.9 Å². The van der Waals surface area contributed by atoms with Crippen LogP contribution >= 0.6 is 0 Å². The summed E-state index contributed by atoms with van der Waals surface area (Å²) in [4.78, 5) is 0.0369. The topological polar surface area (TPSA) is 54.4 Å². The molecule has 0 aliphatic heterocycles. The molecule has 2 aromatic rings. The summed E-state index contributed by atoms with van der Waals surface area (Å²) in [5, 5.41) is 1.90. The lowest BCUT2D eigenvalue weighted by Gasteiger charge is -2.21. The van der Waals surface area contributed by atoms with Gasteiger partial charge in [-0.2, -0.15) is 8.42 Å². The molecule has 0 fully saturated rings. The Kier molecular flexibility index (Phi) is 3.89.